The monoisotopic (exact) mass is 208 g/mol. The largest absolute Gasteiger partial charge is 0.381 e. The van der Waals surface area contributed by atoms with Gasteiger partial charge in [-0.15, -0.1) is 0 Å². The molecule has 0 aromatic carbocycles. The van der Waals surface area contributed by atoms with Gasteiger partial charge in [0.25, 0.3) is 0 Å². The number of carbonyl (C=O) groups is 1. The predicted octanol–water partition coefficient (Wildman–Crippen LogP) is 2.42. The first-order valence-corrected chi connectivity index (χ1v) is 6.18. The van der Waals surface area contributed by atoms with Gasteiger partial charge in [0.15, 0.2) is 0 Å². The molecule has 0 N–H and O–H groups in total. The maximum atomic E-state index is 11.9. The highest BCUT2D eigenvalue weighted by molar-refractivity contribution is 5.82. The molecule has 2 heteroatoms. The summed E-state index contributed by atoms with van der Waals surface area (Å²) in [6.45, 7) is 1.80. The number of ketones is 1. The number of hydrogen-bond acceptors (Lipinski definition) is 2. The molecule has 2 atom stereocenters. The van der Waals surface area contributed by atoms with Crippen LogP contribution in [0.5, 0.6) is 0 Å². The van der Waals surface area contributed by atoms with Crippen LogP contribution < -0.4 is 0 Å². The molecule has 0 aromatic heterocycles. The first-order valence-electron chi connectivity index (χ1n) is 6.18. The second-order valence-corrected chi connectivity index (χ2v) is 6.01. The van der Waals surface area contributed by atoms with E-state index in [1.54, 1.807) is 6.92 Å². The maximum absolute atomic E-state index is 11.9. The SMILES string of the molecule is COC1C2CC3CC1CC(C(C)=O)(C3)C2. The Morgan fingerprint density at radius 1 is 1.20 bits per heavy atom. The minimum absolute atomic E-state index is 0.0610. The summed E-state index contributed by atoms with van der Waals surface area (Å²) in [5.74, 6) is 2.60. The summed E-state index contributed by atoms with van der Waals surface area (Å²) >= 11 is 0. The van der Waals surface area contributed by atoms with Gasteiger partial charge in [-0.05, 0) is 56.8 Å². The molecule has 0 amide bonds. The van der Waals surface area contributed by atoms with Crippen molar-refractivity contribution in [3.63, 3.8) is 0 Å². The highest BCUT2D eigenvalue weighted by Crippen LogP contribution is 2.60. The van der Waals surface area contributed by atoms with Crippen molar-refractivity contribution in [2.24, 2.45) is 23.2 Å². The molecule has 4 aliphatic rings. The second kappa shape index (κ2) is 3.07. The van der Waals surface area contributed by atoms with E-state index in [-0.39, 0.29) is 5.41 Å². The summed E-state index contributed by atoms with van der Waals surface area (Å²) in [5.41, 5.74) is 0.0610. The van der Waals surface area contributed by atoms with Gasteiger partial charge in [0.05, 0.1) is 6.10 Å². The molecular formula is C13H20O2. The maximum Gasteiger partial charge on any atom is 0.135 e. The first kappa shape index (κ1) is 9.83. The molecule has 0 saturated heterocycles. The van der Waals surface area contributed by atoms with E-state index in [1.165, 1.54) is 19.3 Å². The number of carbonyl (C=O) groups excluding carboxylic acids is 1. The van der Waals surface area contributed by atoms with Gasteiger partial charge >= 0.3 is 0 Å². The van der Waals surface area contributed by atoms with E-state index in [1.807, 2.05) is 7.11 Å². The van der Waals surface area contributed by atoms with E-state index in [4.69, 9.17) is 4.74 Å². The molecule has 4 fully saturated rings. The smallest absolute Gasteiger partial charge is 0.135 e. The van der Waals surface area contributed by atoms with Gasteiger partial charge in [-0.1, -0.05) is 0 Å². The molecular weight excluding hydrogens is 188 g/mol. The summed E-state index contributed by atoms with van der Waals surface area (Å²) in [4.78, 5) is 11.9. The van der Waals surface area contributed by atoms with Crippen molar-refractivity contribution >= 4 is 5.78 Å². The fraction of sp³-hybridized carbons (Fsp3) is 0.923. The zero-order valence-electron chi connectivity index (χ0n) is 9.66. The lowest BCUT2D eigenvalue weighted by Gasteiger charge is -2.58. The highest BCUT2D eigenvalue weighted by atomic mass is 16.5. The number of hydrogen-bond donors (Lipinski definition) is 0. The van der Waals surface area contributed by atoms with E-state index < -0.39 is 0 Å². The van der Waals surface area contributed by atoms with Crippen LogP contribution in [0, 0.1) is 23.2 Å². The molecule has 0 radical (unpaired) electrons. The Balaban J connectivity index is 1.92. The van der Waals surface area contributed by atoms with Crippen molar-refractivity contribution in [3.8, 4) is 0 Å². The molecule has 4 aliphatic carbocycles. The van der Waals surface area contributed by atoms with Crippen LogP contribution in [-0.2, 0) is 9.53 Å². The summed E-state index contributed by atoms with van der Waals surface area (Å²) in [6.07, 6.45) is 6.45. The van der Waals surface area contributed by atoms with Gasteiger partial charge in [-0.3, -0.25) is 4.79 Å². The fourth-order valence-corrected chi connectivity index (χ4v) is 4.79. The van der Waals surface area contributed by atoms with Crippen molar-refractivity contribution in [1.29, 1.82) is 0 Å². The summed E-state index contributed by atoms with van der Waals surface area (Å²) in [5, 5.41) is 0. The standard InChI is InChI=1S/C13H20O2/c1-8(14)13-5-9-3-10(6-13)12(15-2)11(4-9)7-13/h9-12H,3-7H2,1-2H3. The van der Waals surface area contributed by atoms with Gasteiger partial charge in [-0.2, -0.15) is 0 Å². The van der Waals surface area contributed by atoms with Gasteiger partial charge in [-0.25, -0.2) is 0 Å². The van der Waals surface area contributed by atoms with Crippen molar-refractivity contribution in [1.82, 2.24) is 0 Å². The van der Waals surface area contributed by atoms with E-state index in [9.17, 15) is 4.79 Å². The Labute approximate surface area is 91.4 Å². The molecule has 0 aliphatic heterocycles. The Morgan fingerprint density at radius 2 is 1.80 bits per heavy atom. The Morgan fingerprint density at radius 3 is 2.27 bits per heavy atom. The summed E-state index contributed by atoms with van der Waals surface area (Å²) in [6, 6.07) is 0. The highest BCUT2D eigenvalue weighted by Gasteiger charge is 2.57. The molecule has 0 spiro atoms. The summed E-state index contributed by atoms with van der Waals surface area (Å²) in [7, 11) is 1.84. The average molecular weight is 208 g/mol. The third kappa shape index (κ3) is 1.24. The van der Waals surface area contributed by atoms with Crippen molar-refractivity contribution in [2.75, 3.05) is 7.11 Å². The molecule has 0 aromatic rings. The van der Waals surface area contributed by atoms with Crippen LogP contribution in [0.25, 0.3) is 0 Å². The number of methoxy groups -OCH3 is 1. The van der Waals surface area contributed by atoms with Crippen LogP contribution in [0.15, 0.2) is 0 Å². The Bertz CT molecular complexity index is 281. The van der Waals surface area contributed by atoms with Gasteiger partial charge in [0.2, 0.25) is 0 Å². The van der Waals surface area contributed by atoms with Crippen molar-refractivity contribution in [2.45, 2.75) is 45.1 Å². The molecule has 2 nitrogen and oxygen atoms in total. The van der Waals surface area contributed by atoms with Crippen molar-refractivity contribution in [3.05, 3.63) is 0 Å². The molecule has 15 heavy (non-hydrogen) atoms. The predicted molar refractivity (Wildman–Crippen MR) is 57.5 cm³/mol. The van der Waals surface area contributed by atoms with E-state index >= 15 is 0 Å². The van der Waals surface area contributed by atoms with Crippen molar-refractivity contribution < 1.29 is 9.53 Å². The Kier molecular flexibility index (Phi) is 2.01. The fourth-order valence-electron chi connectivity index (χ4n) is 4.79. The third-order valence-corrected chi connectivity index (χ3v) is 5.21. The van der Waals surface area contributed by atoms with E-state index in [0.29, 0.717) is 23.7 Å². The summed E-state index contributed by atoms with van der Waals surface area (Å²) < 4.78 is 5.64. The minimum atomic E-state index is 0.0610. The second-order valence-electron chi connectivity index (χ2n) is 6.01. The van der Waals surface area contributed by atoms with Crippen LogP contribution in [0.3, 0.4) is 0 Å². The van der Waals surface area contributed by atoms with E-state index in [0.717, 1.165) is 18.8 Å². The topological polar surface area (TPSA) is 26.3 Å². The van der Waals surface area contributed by atoms with Crippen LogP contribution in [-0.4, -0.2) is 19.0 Å². The third-order valence-electron chi connectivity index (χ3n) is 5.21. The van der Waals surface area contributed by atoms with Gasteiger partial charge in [0, 0.05) is 12.5 Å². The normalized spacial score (nSPS) is 52.1. The molecule has 4 saturated carbocycles. The Hall–Kier alpha value is -0.370. The lowest BCUT2D eigenvalue weighted by atomic mass is 9.47. The average Bonchev–Trinajstić information content (AvgIpc) is 2.16. The van der Waals surface area contributed by atoms with Crippen LogP contribution in [0.1, 0.15) is 39.0 Å². The molecule has 4 bridgehead atoms. The molecule has 4 rings (SSSR count). The number of rotatable bonds is 2. The molecule has 2 unspecified atom stereocenters. The van der Waals surface area contributed by atoms with E-state index in [2.05, 4.69) is 0 Å². The number of Topliss-reactive ketones (excluding diaryl/α,β-unsaturated/α-hetero) is 1. The molecule has 84 valence electrons. The zero-order chi connectivity index (χ0) is 10.6. The van der Waals surface area contributed by atoms with Crippen LogP contribution >= 0.6 is 0 Å². The number of ether oxygens (including phenoxy) is 1. The quantitative estimate of drug-likeness (QED) is 0.696. The molecule has 0 heterocycles. The zero-order valence-corrected chi connectivity index (χ0v) is 9.66. The lowest BCUT2D eigenvalue weighted by molar-refractivity contribution is -0.164. The minimum Gasteiger partial charge on any atom is -0.381 e. The van der Waals surface area contributed by atoms with Crippen LogP contribution in [0.2, 0.25) is 0 Å². The first-order chi connectivity index (χ1) is 7.14. The van der Waals surface area contributed by atoms with Crippen LogP contribution in [0.4, 0.5) is 0 Å². The van der Waals surface area contributed by atoms with Gasteiger partial charge < -0.3 is 4.74 Å². The lowest BCUT2D eigenvalue weighted by Crippen LogP contribution is -2.56. The van der Waals surface area contributed by atoms with Gasteiger partial charge in [0.1, 0.15) is 5.78 Å².